The Bertz CT molecular complexity index is 872. The van der Waals surface area contributed by atoms with E-state index in [-0.39, 0.29) is 16.7 Å². The van der Waals surface area contributed by atoms with Crippen molar-refractivity contribution in [3.8, 4) is 5.75 Å². The number of rotatable bonds is 2. The van der Waals surface area contributed by atoms with Crippen molar-refractivity contribution >= 4 is 27.7 Å². The van der Waals surface area contributed by atoms with Crippen molar-refractivity contribution in [1.29, 1.82) is 0 Å². The van der Waals surface area contributed by atoms with E-state index in [4.69, 9.17) is 9.72 Å². The topological polar surface area (TPSA) is 67.1 Å². The van der Waals surface area contributed by atoms with Gasteiger partial charge in [0.15, 0.2) is 11.4 Å². The maximum atomic E-state index is 11.4. The number of likely N-dealkylation sites (tertiary alicyclic amines) is 1. The van der Waals surface area contributed by atoms with Crippen LogP contribution in [0.5, 0.6) is 5.75 Å². The molecule has 2 aliphatic rings. The summed E-state index contributed by atoms with van der Waals surface area (Å²) in [6.45, 7) is 7.79. The average Bonchev–Trinajstić information content (AvgIpc) is 2.86. The zero-order chi connectivity index (χ0) is 18.1. The number of fused-ring (bicyclic) bond motifs is 2. The van der Waals surface area contributed by atoms with Crippen LogP contribution in [0.3, 0.4) is 0 Å². The number of methoxy groups -OCH3 is 1. The fourth-order valence-corrected chi connectivity index (χ4v) is 5.28. The molecule has 25 heavy (non-hydrogen) atoms. The molecule has 134 valence electrons. The fraction of sp³-hybridized carbons (Fsp3) is 0.556. The van der Waals surface area contributed by atoms with Crippen LogP contribution in [0, 0.1) is 16.7 Å². The van der Waals surface area contributed by atoms with Gasteiger partial charge in [0.05, 0.1) is 12.8 Å². The largest absolute Gasteiger partial charge is 0.493 e. The minimum atomic E-state index is -0.824. The number of hydrogen-bond donors (Lipinski definition) is 1. The summed E-state index contributed by atoms with van der Waals surface area (Å²) in [6, 6.07) is 1.91. The predicted octanol–water partition coefficient (Wildman–Crippen LogP) is 3.84. The highest BCUT2D eigenvalue weighted by atomic mass is 79.9. The van der Waals surface area contributed by atoms with Gasteiger partial charge in [-0.15, -0.1) is 0 Å². The number of imidazole rings is 1. The molecule has 0 radical (unpaired) electrons. The first-order valence-corrected chi connectivity index (χ1v) is 9.18. The van der Waals surface area contributed by atoms with Crippen LogP contribution < -0.4 is 4.74 Å². The first kappa shape index (κ1) is 16.7. The Morgan fingerprint density at radius 3 is 2.72 bits per heavy atom. The van der Waals surface area contributed by atoms with Crippen molar-refractivity contribution in [3.05, 3.63) is 28.6 Å². The van der Waals surface area contributed by atoms with Gasteiger partial charge in [-0.3, -0.25) is 0 Å². The van der Waals surface area contributed by atoms with Crippen molar-refractivity contribution < 1.29 is 14.6 Å². The molecule has 7 heteroatoms. The van der Waals surface area contributed by atoms with Crippen molar-refractivity contribution in [1.82, 2.24) is 14.3 Å². The zero-order valence-corrected chi connectivity index (χ0v) is 16.4. The molecular formula is C18H22BrN3O3. The highest BCUT2D eigenvalue weighted by Gasteiger charge is 2.75. The van der Waals surface area contributed by atoms with Crippen molar-refractivity contribution in [3.63, 3.8) is 0 Å². The predicted molar refractivity (Wildman–Crippen MR) is 97.2 cm³/mol. The number of nitrogens with zero attached hydrogens (tertiary/aromatic N) is 3. The van der Waals surface area contributed by atoms with E-state index in [1.807, 2.05) is 16.7 Å². The number of hydrogen-bond acceptors (Lipinski definition) is 3. The van der Waals surface area contributed by atoms with Crippen molar-refractivity contribution in [2.24, 2.45) is 16.7 Å². The van der Waals surface area contributed by atoms with Crippen LogP contribution in [-0.4, -0.2) is 45.7 Å². The van der Waals surface area contributed by atoms with E-state index in [2.05, 4.69) is 42.9 Å². The molecule has 2 fully saturated rings. The Labute approximate surface area is 154 Å². The van der Waals surface area contributed by atoms with E-state index in [9.17, 15) is 9.90 Å². The van der Waals surface area contributed by atoms with E-state index >= 15 is 0 Å². The number of carbonyl (C=O) groups is 1. The van der Waals surface area contributed by atoms with Gasteiger partial charge >= 0.3 is 6.09 Å². The van der Waals surface area contributed by atoms with Crippen LogP contribution in [0.2, 0.25) is 0 Å². The molecule has 1 saturated carbocycles. The van der Waals surface area contributed by atoms with E-state index < -0.39 is 6.09 Å². The second-order valence-corrected chi connectivity index (χ2v) is 9.08. The lowest BCUT2D eigenvalue weighted by molar-refractivity contribution is 0.129. The van der Waals surface area contributed by atoms with Gasteiger partial charge in [-0.05, 0) is 33.3 Å². The third-order valence-electron chi connectivity index (χ3n) is 6.09. The lowest BCUT2D eigenvalue weighted by Crippen LogP contribution is -2.36. The highest BCUT2D eigenvalue weighted by molar-refractivity contribution is 9.10. The van der Waals surface area contributed by atoms with Gasteiger partial charge in [-0.1, -0.05) is 20.8 Å². The number of amides is 1. The molecule has 1 amide bonds. The number of ether oxygens (including phenoxy) is 1. The SMILES string of the molecule is COc1cc(Br)cn2cc(C3C4CN(C(=O)O)CC43C(C)(C)C)nc12. The third-order valence-corrected chi connectivity index (χ3v) is 6.52. The smallest absolute Gasteiger partial charge is 0.407 e. The average molecular weight is 408 g/mol. The standard InChI is InChI=1S/C18H22BrN3O3/c1-17(2,3)18-9-22(16(23)24)7-11(18)14(18)12-8-21-6-10(19)5-13(25-4)15(21)20-12/h5-6,8,11,14H,7,9H2,1-4H3,(H,23,24). The van der Waals surface area contributed by atoms with E-state index in [1.165, 1.54) is 0 Å². The molecule has 1 N–H and O–H groups in total. The molecule has 2 aromatic rings. The summed E-state index contributed by atoms with van der Waals surface area (Å²) >= 11 is 3.50. The van der Waals surface area contributed by atoms with Gasteiger partial charge in [-0.25, -0.2) is 9.78 Å². The van der Waals surface area contributed by atoms with Gasteiger partial charge < -0.3 is 19.1 Å². The molecule has 0 spiro atoms. The van der Waals surface area contributed by atoms with Gasteiger partial charge in [0.1, 0.15) is 0 Å². The third kappa shape index (κ3) is 2.21. The normalized spacial score (nSPS) is 28.3. The number of pyridine rings is 1. The maximum Gasteiger partial charge on any atom is 0.407 e. The summed E-state index contributed by atoms with van der Waals surface area (Å²) in [4.78, 5) is 17.8. The molecule has 3 atom stereocenters. The first-order chi connectivity index (χ1) is 11.7. The number of halogens is 1. The van der Waals surface area contributed by atoms with Gasteiger partial charge in [0, 0.05) is 41.3 Å². The van der Waals surface area contributed by atoms with Crippen LogP contribution in [0.4, 0.5) is 4.79 Å². The minimum absolute atomic E-state index is 0.00695. The summed E-state index contributed by atoms with van der Waals surface area (Å²) in [7, 11) is 1.64. The van der Waals surface area contributed by atoms with Crippen molar-refractivity contribution in [2.75, 3.05) is 20.2 Å². The Morgan fingerprint density at radius 1 is 1.44 bits per heavy atom. The molecule has 4 rings (SSSR count). The Kier molecular flexibility index (Phi) is 3.42. The lowest BCUT2D eigenvalue weighted by Gasteiger charge is -2.32. The second-order valence-electron chi connectivity index (χ2n) is 8.16. The van der Waals surface area contributed by atoms with Crippen molar-refractivity contribution in [2.45, 2.75) is 26.7 Å². The second kappa shape index (κ2) is 5.13. The maximum absolute atomic E-state index is 11.4. The number of aromatic nitrogens is 2. The van der Waals surface area contributed by atoms with Crippen LogP contribution in [-0.2, 0) is 0 Å². The summed E-state index contributed by atoms with van der Waals surface area (Å²) in [5, 5.41) is 9.39. The summed E-state index contributed by atoms with van der Waals surface area (Å²) in [5.41, 5.74) is 1.78. The van der Waals surface area contributed by atoms with Crippen LogP contribution >= 0.6 is 15.9 Å². The molecule has 0 aromatic carbocycles. The minimum Gasteiger partial charge on any atom is -0.493 e. The summed E-state index contributed by atoms with van der Waals surface area (Å²) in [6.07, 6.45) is 3.21. The molecule has 1 aliphatic carbocycles. The molecule has 1 aliphatic heterocycles. The van der Waals surface area contributed by atoms with Crippen LogP contribution in [0.1, 0.15) is 32.4 Å². The highest BCUT2D eigenvalue weighted by Crippen LogP contribution is 2.75. The summed E-state index contributed by atoms with van der Waals surface area (Å²) < 4.78 is 8.37. The fourth-order valence-electron chi connectivity index (χ4n) is 4.85. The van der Waals surface area contributed by atoms with E-state index in [0.717, 1.165) is 21.6 Å². The first-order valence-electron chi connectivity index (χ1n) is 8.39. The Morgan fingerprint density at radius 2 is 2.16 bits per heavy atom. The van der Waals surface area contributed by atoms with Gasteiger partial charge in [0.2, 0.25) is 0 Å². The quantitative estimate of drug-likeness (QED) is 0.820. The summed E-state index contributed by atoms with van der Waals surface area (Å²) in [5.74, 6) is 1.33. The lowest BCUT2D eigenvalue weighted by atomic mass is 9.75. The molecule has 3 heterocycles. The van der Waals surface area contributed by atoms with Gasteiger partial charge in [-0.2, -0.15) is 0 Å². The molecule has 6 nitrogen and oxygen atoms in total. The molecular weight excluding hydrogens is 386 g/mol. The van der Waals surface area contributed by atoms with Crippen LogP contribution in [0.15, 0.2) is 22.9 Å². The van der Waals surface area contributed by atoms with E-state index in [1.54, 1.807) is 12.0 Å². The molecule has 0 bridgehead atoms. The zero-order valence-electron chi connectivity index (χ0n) is 14.8. The van der Waals surface area contributed by atoms with Gasteiger partial charge in [0.25, 0.3) is 0 Å². The number of carboxylic acid groups (broad SMARTS) is 1. The molecule has 1 saturated heterocycles. The Hall–Kier alpha value is -1.76. The van der Waals surface area contributed by atoms with Crippen LogP contribution in [0.25, 0.3) is 5.65 Å². The number of piperidine rings is 1. The molecule has 2 aromatic heterocycles. The van der Waals surface area contributed by atoms with E-state index in [0.29, 0.717) is 19.0 Å². The monoisotopic (exact) mass is 407 g/mol. The Balaban J connectivity index is 1.76. The molecule has 3 unspecified atom stereocenters.